The van der Waals surface area contributed by atoms with Gasteiger partial charge in [-0.15, -0.1) is 0 Å². The molecule has 0 saturated heterocycles. The predicted molar refractivity (Wildman–Crippen MR) is 62.7 cm³/mol. The van der Waals surface area contributed by atoms with Crippen molar-refractivity contribution in [1.29, 1.82) is 0 Å². The third-order valence-corrected chi connectivity index (χ3v) is 2.36. The third-order valence-electron chi connectivity index (χ3n) is 1.86. The largest absolute Gasteiger partial charge is 0.491 e. The molecular weight excluding hydrogens is 276 g/mol. The summed E-state index contributed by atoms with van der Waals surface area (Å²) in [6, 6.07) is 7.42. The van der Waals surface area contributed by atoms with Gasteiger partial charge < -0.3 is 14.6 Å². The molecule has 5 heteroatoms. The van der Waals surface area contributed by atoms with Crippen LogP contribution in [0.15, 0.2) is 28.7 Å². The Labute approximate surface area is 102 Å². The molecule has 1 unspecified atom stereocenters. The highest BCUT2D eigenvalue weighted by atomic mass is 79.9. The zero-order chi connectivity index (χ0) is 12.0. The predicted octanol–water partition coefficient (Wildman–Crippen LogP) is 2.32. The molecule has 16 heavy (non-hydrogen) atoms. The summed E-state index contributed by atoms with van der Waals surface area (Å²) in [5.74, 6) is -0.247. The van der Waals surface area contributed by atoms with E-state index >= 15 is 0 Å². The number of carboxylic acid groups (broad SMARTS) is 1. The first-order valence-corrected chi connectivity index (χ1v) is 5.61. The Balaban J connectivity index is 2.23. The van der Waals surface area contributed by atoms with Crippen molar-refractivity contribution >= 4 is 21.9 Å². The van der Waals surface area contributed by atoms with Gasteiger partial charge in [-0.2, -0.15) is 0 Å². The molecule has 0 aliphatic carbocycles. The molecule has 1 aromatic rings. The minimum atomic E-state index is -0.970. The third kappa shape index (κ3) is 4.63. The summed E-state index contributed by atoms with van der Waals surface area (Å²) < 4.78 is 11.3. The summed E-state index contributed by atoms with van der Waals surface area (Å²) >= 11 is 3.32. The Morgan fingerprint density at radius 1 is 1.50 bits per heavy atom. The molecule has 1 rings (SSSR count). The summed E-state index contributed by atoms with van der Waals surface area (Å²) in [6.07, 6.45) is -0.800. The molecular formula is C11H13BrO4. The van der Waals surface area contributed by atoms with Gasteiger partial charge in [0.05, 0.1) is 6.61 Å². The Hall–Kier alpha value is -1.07. The van der Waals surface area contributed by atoms with Crippen LogP contribution in [0.2, 0.25) is 0 Å². The van der Waals surface area contributed by atoms with E-state index in [4.69, 9.17) is 14.6 Å². The first-order chi connectivity index (χ1) is 7.59. The van der Waals surface area contributed by atoms with E-state index in [1.807, 2.05) is 24.3 Å². The number of hydrogen-bond acceptors (Lipinski definition) is 3. The van der Waals surface area contributed by atoms with Crippen molar-refractivity contribution in [2.75, 3.05) is 13.2 Å². The Bertz CT molecular complexity index is 354. The topological polar surface area (TPSA) is 55.8 Å². The van der Waals surface area contributed by atoms with Gasteiger partial charge in [-0.25, -0.2) is 4.79 Å². The van der Waals surface area contributed by atoms with Gasteiger partial charge in [0, 0.05) is 4.47 Å². The second-order valence-corrected chi connectivity index (χ2v) is 4.07. The molecule has 1 N–H and O–H groups in total. The van der Waals surface area contributed by atoms with Gasteiger partial charge in [0.15, 0.2) is 6.10 Å². The zero-order valence-electron chi connectivity index (χ0n) is 8.85. The number of ether oxygens (including phenoxy) is 2. The van der Waals surface area contributed by atoms with Crippen LogP contribution in [0.3, 0.4) is 0 Å². The molecule has 0 amide bonds. The van der Waals surface area contributed by atoms with E-state index < -0.39 is 12.1 Å². The Kier molecular flexibility index (Phi) is 5.28. The lowest BCUT2D eigenvalue weighted by Crippen LogP contribution is -2.22. The fraction of sp³-hybridized carbons (Fsp3) is 0.364. The first-order valence-electron chi connectivity index (χ1n) is 4.82. The van der Waals surface area contributed by atoms with Crippen LogP contribution < -0.4 is 4.74 Å². The van der Waals surface area contributed by atoms with Crippen molar-refractivity contribution in [3.05, 3.63) is 28.7 Å². The number of halogens is 1. The molecule has 0 radical (unpaired) electrons. The molecule has 0 spiro atoms. The maximum Gasteiger partial charge on any atom is 0.332 e. The highest BCUT2D eigenvalue weighted by molar-refractivity contribution is 9.10. The molecule has 0 heterocycles. The molecule has 1 aromatic carbocycles. The number of rotatable bonds is 6. The van der Waals surface area contributed by atoms with E-state index in [1.54, 1.807) is 0 Å². The smallest absolute Gasteiger partial charge is 0.332 e. The maximum absolute atomic E-state index is 10.4. The van der Waals surface area contributed by atoms with Crippen molar-refractivity contribution in [3.63, 3.8) is 0 Å². The number of aliphatic carboxylic acids is 1. The van der Waals surface area contributed by atoms with Gasteiger partial charge in [-0.05, 0) is 25.1 Å². The van der Waals surface area contributed by atoms with Crippen LogP contribution in [-0.2, 0) is 9.53 Å². The standard InChI is InChI=1S/C11H13BrO4/c1-8(11(13)14)15-5-6-16-10-4-2-3-9(12)7-10/h2-4,7-8H,5-6H2,1H3,(H,13,14). The normalized spacial score (nSPS) is 12.1. The van der Waals surface area contributed by atoms with Crippen molar-refractivity contribution in [2.24, 2.45) is 0 Å². The van der Waals surface area contributed by atoms with Crippen molar-refractivity contribution < 1.29 is 19.4 Å². The Morgan fingerprint density at radius 2 is 2.25 bits per heavy atom. The van der Waals surface area contributed by atoms with E-state index in [9.17, 15) is 4.79 Å². The molecule has 0 aromatic heterocycles. The number of benzene rings is 1. The highest BCUT2D eigenvalue weighted by Gasteiger charge is 2.09. The SMILES string of the molecule is CC(OCCOc1cccc(Br)c1)C(=O)O. The molecule has 4 nitrogen and oxygen atoms in total. The second-order valence-electron chi connectivity index (χ2n) is 3.16. The molecule has 0 aliphatic heterocycles. The molecule has 88 valence electrons. The summed E-state index contributed by atoms with van der Waals surface area (Å²) in [5.41, 5.74) is 0. The van der Waals surface area contributed by atoms with Crippen LogP contribution in [0.1, 0.15) is 6.92 Å². The average molecular weight is 289 g/mol. The second kappa shape index (κ2) is 6.50. The van der Waals surface area contributed by atoms with E-state index in [2.05, 4.69) is 15.9 Å². The molecule has 1 atom stereocenters. The van der Waals surface area contributed by atoms with E-state index in [0.29, 0.717) is 6.61 Å². The number of carboxylic acids is 1. The first kappa shape index (κ1) is 13.0. The van der Waals surface area contributed by atoms with Gasteiger partial charge in [0.25, 0.3) is 0 Å². The fourth-order valence-corrected chi connectivity index (χ4v) is 1.39. The van der Waals surface area contributed by atoms with Crippen LogP contribution in [0.5, 0.6) is 5.75 Å². The van der Waals surface area contributed by atoms with Crippen LogP contribution >= 0.6 is 15.9 Å². The van der Waals surface area contributed by atoms with Gasteiger partial charge in [0.1, 0.15) is 12.4 Å². The lowest BCUT2D eigenvalue weighted by molar-refractivity contribution is -0.149. The van der Waals surface area contributed by atoms with Crippen molar-refractivity contribution in [3.8, 4) is 5.75 Å². The lowest BCUT2D eigenvalue weighted by Gasteiger charge is -2.09. The highest BCUT2D eigenvalue weighted by Crippen LogP contribution is 2.17. The minimum absolute atomic E-state index is 0.250. The summed E-state index contributed by atoms with van der Waals surface area (Å²) in [4.78, 5) is 10.4. The molecule has 0 fully saturated rings. The molecule has 0 bridgehead atoms. The maximum atomic E-state index is 10.4. The van der Waals surface area contributed by atoms with Crippen LogP contribution in [-0.4, -0.2) is 30.4 Å². The average Bonchev–Trinajstić information content (AvgIpc) is 2.24. The van der Waals surface area contributed by atoms with E-state index in [-0.39, 0.29) is 6.61 Å². The van der Waals surface area contributed by atoms with Crippen molar-refractivity contribution in [1.82, 2.24) is 0 Å². The van der Waals surface area contributed by atoms with Gasteiger partial charge in [-0.3, -0.25) is 0 Å². The van der Waals surface area contributed by atoms with E-state index in [1.165, 1.54) is 6.92 Å². The fourth-order valence-electron chi connectivity index (χ4n) is 1.01. The van der Waals surface area contributed by atoms with Gasteiger partial charge in [0.2, 0.25) is 0 Å². The van der Waals surface area contributed by atoms with Crippen LogP contribution in [0, 0.1) is 0 Å². The van der Waals surface area contributed by atoms with Crippen LogP contribution in [0.25, 0.3) is 0 Å². The van der Waals surface area contributed by atoms with Gasteiger partial charge in [-0.1, -0.05) is 22.0 Å². The monoisotopic (exact) mass is 288 g/mol. The van der Waals surface area contributed by atoms with Crippen LogP contribution in [0.4, 0.5) is 0 Å². The zero-order valence-corrected chi connectivity index (χ0v) is 10.4. The summed E-state index contributed by atoms with van der Waals surface area (Å²) in [5, 5.41) is 8.56. The summed E-state index contributed by atoms with van der Waals surface area (Å²) in [7, 11) is 0. The van der Waals surface area contributed by atoms with E-state index in [0.717, 1.165) is 10.2 Å². The lowest BCUT2D eigenvalue weighted by atomic mass is 10.3. The molecule has 0 saturated carbocycles. The minimum Gasteiger partial charge on any atom is -0.491 e. The quantitative estimate of drug-likeness (QED) is 0.816. The number of carbonyl (C=O) groups is 1. The van der Waals surface area contributed by atoms with Crippen molar-refractivity contribution in [2.45, 2.75) is 13.0 Å². The summed E-state index contributed by atoms with van der Waals surface area (Å²) in [6.45, 7) is 2.06. The van der Waals surface area contributed by atoms with Gasteiger partial charge >= 0.3 is 5.97 Å². The number of hydrogen-bond donors (Lipinski definition) is 1. The molecule has 0 aliphatic rings. The Morgan fingerprint density at radius 3 is 2.88 bits per heavy atom.